The highest BCUT2D eigenvalue weighted by Gasteiger charge is 2.37. The third-order valence-electron chi connectivity index (χ3n) is 5.84. The first kappa shape index (κ1) is 21.7. The molecule has 2 aliphatic rings. The zero-order chi connectivity index (χ0) is 21.8. The van der Waals surface area contributed by atoms with Gasteiger partial charge >= 0.3 is 0 Å². The van der Waals surface area contributed by atoms with Gasteiger partial charge in [0.25, 0.3) is 0 Å². The first-order chi connectivity index (χ1) is 15.0. The number of anilines is 1. The van der Waals surface area contributed by atoms with Crippen LogP contribution in [0.15, 0.2) is 42.6 Å². The van der Waals surface area contributed by atoms with E-state index in [0.29, 0.717) is 26.2 Å². The first-order valence-corrected chi connectivity index (χ1v) is 12.2. The molecule has 2 aliphatic heterocycles. The molecular formula is C22H28N4O4S. The van der Waals surface area contributed by atoms with Crippen LogP contribution in [-0.2, 0) is 39.1 Å². The lowest BCUT2D eigenvalue weighted by atomic mass is 9.95. The molecule has 0 unspecified atom stereocenters. The molecule has 9 heteroatoms. The normalized spacial score (nSPS) is 19.6. The molecule has 1 saturated heterocycles. The fourth-order valence-electron chi connectivity index (χ4n) is 3.99. The number of benzene rings is 1. The summed E-state index contributed by atoms with van der Waals surface area (Å²) in [6, 6.07) is 10.8. The van der Waals surface area contributed by atoms with Crippen LogP contribution in [0.25, 0.3) is 0 Å². The Bertz CT molecular complexity index is 1020. The Hall–Kier alpha value is -2.49. The van der Waals surface area contributed by atoms with Crippen molar-refractivity contribution in [3.05, 3.63) is 59.3 Å². The number of carbonyl (C=O) groups is 1. The summed E-state index contributed by atoms with van der Waals surface area (Å²) >= 11 is 0. The zero-order valence-electron chi connectivity index (χ0n) is 17.7. The molecule has 1 amide bonds. The Kier molecular flexibility index (Phi) is 6.54. The molecule has 166 valence electrons. The monoisotopic (exact) mass is 444 g/mol. The maximum absolute atomic E-state index is 13.0. The van der Waals surface area contributed by atoms with Crippen molar-refractivity contribution in [3.63, 3.8) is 0 Å². The molecule has 1 atom stereocenters. The first-order valence-electron chi connectivity index (χ1n) is 10.6. The van der Waals surface area contributed by atoms with Gasteiger partial charge in [0.15, 0.2) is 0 Å². The van der Waals surface area contributed by atoms with Crippen molar-refractivity contribution in [1.82, 2.24) is 14.6 Å². The van der Waals surface area contributed by atoms with Gasteiger partial charge in [0.1, 0.15) is 11.9 Å². The molecule has 0 spiro atoms. The van der Waals surface area contributed by atoms with Gasteiger partial charge in [0, 0.05) is 32.4 Å². The van der Waals surface area contributed by atoms with E-state index in [1.807, 2.05) is 36.4 Å². The second-order valence-electron chi connectivity index (χ2n) is 7.78. The topological polar surface area (TPSA) is 91.8 Å². The Morgan fingerprint density at radius 1 is 1.16 bits per heavy atom. The SMILES string of the molecule is CCS(=O)(=O)N1Cc2ccccc2C[C@@H]1C(=O)NCc1ccc(N2CCOCC2)nc1. The average molecular weight is 445 g/mol. The van der Waals surface area contributed by atoms with E-state index in [-0.39, 0.29) is 18.2 Å². The van der Waals surface area contributed by atoms with Gasteiger partial charge in [-0.15, -0.1) is 0 Å². The highest BCUT2D eigenvalue weighted by atomic mass is 32.2. The number of aromatic nitrogens is 1. The molecular weight excluding hydrogens is 416 g/mol. The summed E-state index contributed by atoms with van der Waals surface area (Å²) in [7, 11) is -3.51. The molecule has 1 aromatic carbocycles. The van der Waals surface area contributed by atoms with Crippen molar-refractivity contribution in [2.45, 2.75) is 32.5 Å². The van der Waals surface area contributed by atoms with E-state index in [1.165, 1.54) is 4.31 Å². The van der Waals surface area contributed by atoms with E-state index in [0.717, 1.165) is 35.6 Å². The van der Waals surface area contributed by atoms with Crippen molar-refractivity contribution < 1.29 is 17.9 Å². The zero-order valence-corrected chi connectivity index (χ0v) is 18.5. The molecule has 1 aromatic heterocycles. The second-order valence-corrected chi connectivity index (χ2v) is 9.99. The summed E-state index contributed by atoms with van der Waals surface area (Å²) in [6.07, 6.45) is 2.12. The lowest BCUT2D eigenvalue weighted by molar-refractivity contribution is -0.125. The molecule has 3 heterocycles. The number of fused-ring (bicyclic) bond motifs is 1. The minimum atomic E-state index is -3.51. The van der Waals surface area contributed by atoms with Crippen LogP contribution in [0.3, 0.4) is 0 Å². The minimum Gasteiger partial charge on any atom is -0.378 e. The fourth-order valence-corrected chi connectivity index (χ4v) is 5.21. The number of hydrogen-bond acceptors (Lipinski definition) is 6. The number of nitrogens with zero attached hydrogens (tertiary/aromatic N) is 3. The molecule has 0 saturated carbocycles. The lowest BCUT2D eigenvalue weighted by Crippen LogP contribution is -2.52. The maximum atomic E-state index is 13.0. The number of morpholine rings is 1. The third kappa shape index (κ3) is 4.89. The molecule has 2 aromatic rings. The lowest BCUT2D eigenvalue weighted by Gasteiger charge is -2.34. The van der Waals surface area contributed by atoms with E-state index < -0.39 is 16.1 Å². The number of pyridine rings is 1. The number of amides is 1. The second kappa shape index (κ2) is 9.33. The summed E-state index contributed by atoms with van der Waals surface area (Å²) in [5.74, 6) is 0.567. The number of carbonyl (C=O) groups excluding carboxylic acids is 1. The number of sulfonamides is 1. The van der Waals surface area contributed by atoms with Crippen molar-refractivity contribution in [2.24, 2.45) is 0 Å². The molecule has 8 nitrogen and oxygen atoms in total. The van der Waals surface area contributed by atoms with Crippen LogP contribution in [0.5, 0.6) is 0 Å². The van der Waals surface area contributed by atoms with Gasteiger partial charge < -0.3 is 15.0 Å². The van der Waals surface area contributed by atoms with Crippen molar-refractivity contribution in [2.75, 3.05) is 37.0 Å². The molecule has 0 radical (unpaired) electrons. The maximum Gasteiger partial charge on any atom is 0.239 e. The highest BCUT2D eigenvalue weighted by molar-refractivity contribution is 7.89. The van der Waals surface area contributed by atoms with Crippen LogP contribution in [0, 0.1) is 0 Å². The molecule has 1 fully saturated rings. The van der Waals surface area contributed by atoms with Gasteiger partial charge in [-0.05, 0) is 36.1 Å². The van der Waals surface area contributed by atoms with Gasteiger partial charge in [-0.3, -0.25) is 4.79 Å². The molecule has 1 N–H and O–H groups in total. The van der Waals surface area contributed by atoms with Crippen LogP contribution in [0.2, 0.25) is 0 Å². The van der Waals surface area contributed by atoms with Gasteiger partial charge in [-0.2, -0.15) is 4.31 Å². The number of nitrogens with one attached hydrogen (secondary N) is 1. The van der Waals surface area contributed by atoms with Crippen LogP contribution in [0.1, 0.15) is 23.6 Å². The Balaban J connectivity index is 1.44. The van der Waals surface area contributed by atoms with E-state index in [4.69, 9.17) is 4.74 Å². The third-order valence-corrected chi connectivity index (χ3v) is 7.67. The Labute approximate surface area is 183 Å². The fraction of sp³-hybridized carbons (Fsp3) is 0.455. The van der Waals surface area contributed by atoms with Crippen LogP contribution >= 0.6 is 0 Å². The largest absolute Gasteiger partial charge is 0.378 e. The molecule has 31 heavy (non-hydrogen) atoms. The number of rotatable bonds is 6. The summed E-state index contributed by atoms with van der Waals surface area (Å²) in [4.78, 5) is 19.7. The summed E-state index contributed by atoms with van der Waals surface area (Å²) in [5.41, 5.74) is 2.83. The van der Waals surface area contributed by atoms with Crippen molar-refractivity contribution in [3.8, 4) is 0 Å². The average Bonchev–Trinajstić information content (AvgIpc) is 2.82. The van der Waals surface area contributed by atoms with Gasteiger partial charge in [0.2, 0.25) is 15.9 Å². The van der Waals surface area contributed by atoms with Crippen LogP contribution in [0.4, 0.5) is 5.82 Å². The quantitative estimate of drug-likeness (QED) is 0.722. The highest BCUT2D eigenvalue weighted by Crippen LogP contribution is 2.26. The Morgan fingerprint density at radius 2 is 1.90 bits per heavy atom. The minimum absolute atomic E-state index is 0.0358. The van der Waals surface area contributed by atoms with E-state index in [1.54, 1.807) is 13.1 Å². The number of ether oxygens (including phenoxy) is 1. The summed E-state index contributed by atoms with van der Waals surface area (Å²) in [6.45, 7) is 5.14. The van der Waals surface area contributed by atoms with Crippen molar-refractivity contribution in [1.29, 1.82) is 0 Å². The van der Waals surface area contributed by atoms with Gasteiger partial charge in [0.05, 0.1) is 19.0 Å². The Morgan fingerprint density at radius 3 is 2.58 bits per heavy atom. The molecule has 0 aliphatic carbocycles. The smallest absolute Gasteiger partial charge is 0.239 e. The van der Waals surface area contributed by atoms with Gasteiger partial charge in [-0.25, -0.2) is 13.4 Å². The van der Waals surface area contributed by atoms with E-state index >= 15 is 0 Å². The van der Waals surface area contributed by atoms with E-state index in [9.17, 15) is 13.2 Å². The van der Waals surface area contributed by atoms with Gasteiger partial charge in [-0.1, -0.05) is 30.3 Å². The summed E-state index contributed by atoms with van der Waals surface area (Å²) in [5, 5.41) is 2.91. The van der Waals surface area contributed by atoms with Crippen LogP contribution in [-0.4, -0.2) is 61.7 Å². The molecule has 0 bridgehead atoms. The molecule has 4 rings (SSSR count). The van der Waals surface area contributed by atoms with Crippen LogP contribution < -0.4 is 10.2 Å². The van der Waals surface area contributed by atoms with Crippen molar-refractivity contribution >= 4 is 21.7 Å². The van der Waals surface area contributed by atoms with E-state index in [2.05, 4.69) is 15.2 Å². The number of hydrogen-bond donors (Lipinski definition) is 1. The standard InChI is InChI=1S/C22H28N4O4S/c1-2-31(28,29)26-16-19-6-4-3-5-18(19)13-20(26)22(27)24-15-17-7-8-21(23-14-17)25-9-11-30-12-10-25/h3-8,14,20H,2,9-13,15-16H2,1H3,(H,24,27)/t20-/m1/s1. The predicted octanol–water partition coefficient (Wildman–Crippen LogP) is 1.31. The predicted molar refractivity (Wildman–Crippen MR) is 118 cm³/mol. The summed E-state index contributed by atoms with van der Waals surface area (Å²) < 4.78 is 32.0.